The van der Waals surface area contributed by atoms with Crippen molar-refractivity contribution >= 4 is 52.1 Å². The van der Waals surface area contributed by atoms with E-state index in [0.29, 0.717) is 5.11 Å². The van der Waals surface area contributed by atoms with E-state index in [1.165, 1.54) is 18.4 Å². The van der Waals surface area contributed by atoms with Gasteiger partial charge < -0.3 is 19.5 Å². The lowest BCUT2D eigenvalue weighted by Crippen LogP contribution is -2.33. The van der Waals surface area contributed by atoms with E-state index in [1.807, 2.05) is 42.6 Å². The van der Waals surface area contributed by atoms with Gasteiger partial charge in [0.15, 0.2) is 10.2 Å². The van der Waals surface area contributed by atoms with Crippen molar-refractivity contribution in [3.63, 3.8) is 0 Å². The van der Waals surface area contributed by atoms with Gasteiger partial charge in [0.05, 0.1) is 22.4 Å². The van der Waals surface area contributed by atoms with Crippen molar-refractivity contribution in [3.8, 4) is 0 Å². The lowest BCUT2D eigenvalue weighted by Gasteiger charge is -2.33. The van der Waals surface area contributed by atoms with Gasteiger partial charge in [-0.25, -0.2) is 0 Å². The standard InChI is InChI=1S/C31H31ClN4OS2/c1-20-6-9-23(10-7-20)39-28-13-12-27(37-28)30-29(25-5-3-4-16-33-25)34-31(38)36(30)22-8-11-26(24(32)19-22)35-17-14-21(2)15-18-35/h3-13,16,19,21,29-30H,14-15,17-18H2,1-2H3,(H,34,38)/t29-,30-/m0/s1. The Morgan fingerprint density at radius 2 is 1.82 bits per heavy atom. The first-order valence-electron chi connectivity index (χ1n) is 13.4. The summed E-state index contributed by atoms with van der Waals surface area (Å²) in [7, 11) is 0. The van der Waals surface area contributed by atoms with E-state index in [-0.39, 0.29) is 12.1 Å². The molecule has 2 saturated heterocycles. The predicted molar refractivity (Wildman–Crippen MR) is 164 cm³/mol. The molecule has 2 aliphatic rings. The number of aryl methyl sites for hydroxylation is 1. The number of aromatic nitrogens is 1. The van der Waals surface area contributed by atoms with Crippen LogP contribution >= 0.6 is 35.6 Å². The van der Waals surface area contributed by atoms with Crippen LogP contribution in [0.3, 0.4) is 0 Å². The highest BCUT2D eigenvalue weighted by Gasteiger charge is 2.42. The molecule has 5 nitrogen and oxygen atoms in total. The van der Waals surface area contributed by atoms with Gasteiger partial charge >= 0.3 is 0 Å². The average Bonchev–Trinajstić information content (AvgIpc) is 3.55. The number of anilines is 2. The van der Waals surface area contributed by atoms with Crippen LogP contribution in [0.1, 0.15) is 48.9 Å². The van der Waals surface area contributed by atoms with Gasteiger partial charge in [0.1, 0.15) is 11.8 Å². The Kier molecular flexibility index (Phi) is 7.56. The summed E-state index contributed by atoms with van der Waals surface area (Å²) in [4.78, 5) is 10.3. The number of rotatable bonds is 6. The van der Waals surface area contributed by atoms with E-state index >= 15 is 0 Å². The molecule has 0 radical (unpaired) electrons. The van der Waals surface area contributed by atoms with Crippen LogP contribution in [0.15, 0.2) is 93.4 Å². The molecule has 0 unspecified atom stereocenters. The molecule has 4 aromatic rings. The van der Waals surface area contributed by atoms with Gasteiger partial charge in [-0.15, -0.1) is 0 Å². The second kappa shape index (κ2) is 11.2. The monoisotopic (exact) mass is 574 g/mol. The van der Waals surface area contributed by atoms with Crippen LogP contribution in [-0.4, -0.2) is 23.2 Å². The minimum absolute atomic E-state index is 0.177. The maximum Gasteiger partial charge on any atom is 0.174 e. The number of hydrogen-bond acceptors (Lipinski definition) is 5. The van der Waals surface area contributed by atoms with Gasteiger partial charge in [-0.1, -0.05) is 54.0 Å². The number of halogens is 1. The molecule has 8 heteroatoms. The average molecular weight is 575 g/mol. The Hall–Kier alpha value is -3.00. The third-order valence-electron chi connectivity index (χ3n) is 7.56. The van der Waals surface area contributed by atoms with E-state index in [2.05, 4.69) is 70.3 Å². The maximum atomic E-state index is 6.91. The van der Waals surface area contributed by atoms with Crippen molar-refractivity contribution in [1.29, 1.82) is 0 Å². The van der Waals surface area contributed by atoms with Gasteiger partial charge in [-0.2, -0.15) is 0 Å². The highest BCUT2D eigenvalue weighted by atomic mass is 35.5. The first kappa shape index (κ1) is 26.2. The van der Waals surface area contributed by atoms with Crippen LogP contribution in [0.4, 0.5) is 11.4 Å². The molecule has 2 atom stereocenters. The van der Waals surface area contributed by atoms with Crippen molar-refractivity contribution in [2.45, 2.75) is 48.8 Å². The summed E-state index contributed by atoms with van der Waals surface area (Å²) in [6.07, 6.45) is 4.19. The molecule has 0 amide bonds. The number of pyridine rings is 1. The lowest BCUT2D eigenvalue weighted by atomic mass is 9.98. The Balaban J connectivity index is 1.33. The summed E-state index contributed by atoms with van der Waals surface area (Å²) in [5.41, 5.74) is 4.15. The predicted octanol–water partition coefficient (Wildman–Crippen LogP) is 8.20. The van der Waals surface area contributed by atoms with E-state index in [9.17, 15) is 0 Å². The minimum Gasteiger partial charge on any atom is -0.452 e. The third kappa shape index (κ3) is 5.53. The Morgan fingerprint density at radius 3 is 2.54 bits per heavy atom. The fraction of sp³-hybridized carbons (Fsp3) is 0.290. The molecular formula is C31H31ClN4OS2. The molecule has 2 aliphatic heterocycles. The smallest absolute Gasteiger partial charge is 0.174 e. The molecule has 2 aromatic carbocycles. The summed E-state index contributed by atoms with van der Waals surface area (Å²) >= 11 is 14.4. The van der Waals surface area contributed by atoms with Crippen LogP contribution in [0, 0.1) is 12.8 Å². The van der Waals surface area contributed by atoms with Crippen LogP contribution in [0.25, 0.3) is 0 Å². The highest BCUT2D eigenvalue weighted by Crippen LogP contribution is 2.45. The molecule has 0 bridgehead atoms. The van der Waals surface area contributed by atoms with Gasteiger partial charge in [-0.3, -0.25) is 4.98 Å². The molecule has 0 saturated carbocycles. The fourth-order valence-electron chi connectivity index (χ4n) is 5.34. The van der Waals surface area contributed by atoms with Crippen LogP contribution in [0.2, 0.25) is 5.02 Å². The zero-order chi connectivity index (χ0) is 26.9. The first-order valence-corrected chi connectivity index (χ1v) is 15.0. The van der Waals surface area contributed by atoms with Crippen molar-refractivity contribution in [3.05, 3.63) is 101 Å². The van der Waals surface area contributed by atoms with Crippen LogP contribution in [0.5, 0.6) is 0 Å². The van der Waals surface area contributed by atoms with E-state index in [4.69, 9.17) is 28.2 Å². The number of piperidine rings is 1. The number of benzene rings is 2. The second-order valence-electron chi connectivity index (χ2n) is 10.4. The van der Waals surface area contributed by atoms with Gasteiger partial charge in [0, 0.05) is 29.9 Å². The summed E-state index contributed by atoms with van der Waals surface area (Å²) in [5.74, 6) is 1.58. The largest absolute Gasteiger partial charge is 0.452 e. The molecule has 0 spiro atoms. The van der Waals surface area contributed by atoms with Gasteiger partial charge in [-0.05, 0) is 92.5 Å². The van der Waals surface area contributed by atoms with Crippen molar-refractivity contribution in [2.24, 2.45) is 5.92 Å². The molecule has 39 heavy (non-hydrogen) atoms. The summed E-state index contributed by atoms with van der Waals surface area (Å²) in [5, 5.41) is 5.70. The highest BCUT2D eigenvalue weighted by molar-refractivity contribution is 7.99. The molecule has 0 aliphatic carbocycles. The molecule has 200 valence electrons. The van der Waals surface area contributed by atoms with Crippen molar-refractivity contribution in [1.82, 2.24) is 10.3 Å². The first-order chi connectivity index (χ1) is 19.0. The quantitative estimate of drug-likeness (QED) is 0.233. The number of thiocarbonyl (C=S) groups is 1. The lowest BCUT2D eigenvalue weighted by molar-refractivity contribution is 0.383. The molecule has 4 heterocycles. The minimum atomic E-state index is -0.225. The topological polar surface area (TPSA) is 44.5 Å². The Bertz CT molecular complexity index is 1450. The number of furan rings is 1. The summed E-state index contributed by atoms with van der Waals surface area (Å²) in [6.45, 7) is 6.47. The number of nitrogens with one attached hydrogen (secondary N) is 1. The zero-order valence-electron chi connectivity index (χ0n) is 22.0. The van der Waals surface area contributed by atoms with Gasteiger partial charge in [0.2, 0.25) is 0 Å². The van der Waals surface area contributed by atoms with Gasteiger partial charge in [0.25, 0.3) is 0 Å². The van der Waals surface area contributed by atoms with Crippen LogP contribution in [-0.2, 0) is 0 Å². The van der Waals surface area contributed by atoms with Crippen molar-refractivity contribution in [2.75, 3.05) is 22.9 Å². The van der Waals surface area contributed by atoms with E-state index < -0.39 is 0 Å². The van der Waals surface area contributed by atoms with Crippen LogP contribution < -0.4 is 15.1 Å². The Labute approximate surface area is 244 Å². The molecule has 2 aromatic heterocycles. The van der Waals surface area contributed by atoms with E-state index in [1.54, 1.807) is 11.8 Å². The summed E-state index contributed by atoms with van der Waals surface area (Å²) in [6, 6.07) is 24.4. The zero-order valence-corrected chi connectivity index (χ0v) is 24.4. The number of nitrogens with zero attached hydrogens (tertiary/aromatic N) is 3. The fourth-order valence-corrected chi connectivity index (χ4v) is 6.76. The second-order valence-corrected chi connectivity index (χ2v) is 12.2. The Morgan fingerprint density at radius 1 is 1.03 bits per heavy atom. The molecule has 2 fully saturated rings. The third-order valence-corrected chi connectivity index (χ3v) is 9.11. The van der Waals surface area contributed by atoms with E-state index in [0.717, 1.165) is 56.8 Å². The summed E-state index contributed by atoms with van der Waals surface area (Å²) < 4.78 is 6.47. The molecule has 6 rings (SSSR count). The van der Waals surface area contributed by atoms with Crippen molar-refractivity contribution < 1.29 is 4.42 Å². The SMILES string of the molecule is Cc1ccc(Sc2ccc([C@H]3[C@H](c4ccccn4)NC(=S)N3c3ccc(N4CCC(C)CC4)c(Cl)c3)o2)cc1. The molecular weight excluding hydrogens is 544 g/mol. The molecule has 1 N–H and O–H groups in total. The normalized spacial score (nSPS) is 19.9. The maximum absolute atomic E-state index is 6.91. The number of hydrogen-bond donors (Lipinski definition) is 1.